The fraction of sp³-hybridized carbons (Fsp3) is 0.739. The molecule has 1 radical (unpaired) electrons. The molecule has 2 atom stereocenters. The van der Waals surface area contributed by atoms with E-state index in [0.717, 1.165) is 19.3 Å². The summed E-state index contributed by atoms with van der Waals surface area (Å²) in [5.74, 6) is 1.10. The average molecular weight is 396 g/mol. The summed E-state index contributed by atoms with van der Waals surface area (Å²) < 4.78 is 22.9. The Morgan fingerprint density at radius 1 is 0.852 bits per heavy atom. The van der Waals surface area contributed by atoms with Gasteiger partial charge in [0.15, 0.2) is 0 Å². The van der Waals surface area contributed by atoms with Crippen LogP contribution in [0, 0.1) is 5.92 Å². The summed E-state index contributed by atoms with van der Waals surface area (Å²) >= 11 is 0. The number of aryl methyl sites for hydroxylation is 1. The predicted molar refractivity (Wildman–Crippen MR) is 116 cm³/mol. The van der Waals surface area contributed by atoms with E-state index in [9.17, 15) is 4.57 Å². The highest BCUT2D eigenvalue weighted by atomic mass is 31.1. The van der Waals surface area contributed by atoms with Crippen LogP contribution in [0.3, 0.4) is 0 Å². The molecule has 0 aliphatic heterocycles. The van der Waals surface area contributed by atoms with Crippen LogP contribution in [0.2, 0.25) is 0 Å². The lowest BCUT2D eigenvalue weighted by Crippen LogP contribution is -2.06. The molecule has 3 nitrogen and oxygen atoms in total. The van der Waals surface area contributed by atoms with Crippen molar-refractivity contribution >= 4 is 8.25 Å². The number of hydrogen-bond donors (Lipinski definition) is 0. The molecule has 0 fully saturated rings. The third-order valence-electron chi connectivity index (χ3n) is 5.13. The lowest BCUT2D eigenvalue weighted by atomic mass is 10.0. The SMILES string of the molecule is CCCCCCCCCc1ccc(O[P](=O)OCC(CC)CCCC)cc1. The van der Waals surface area contributed by atoms with Gasteiger partial charge in [0, 0.05) is 0 Å². The standard InChI is InChI=1S/C23H40O3P/c1-4-7-9-10-11-12-13-15-22-16-18-23(19-17-22)26-27(24)25-20-21(6-3)14-8-5-2/h16-19,21H,4-15,20H2,1-3H3. The average Bonchev–Trinajstić information content (AvgIpc) is 2.68. The molecule has 0 aliphatic carbocycles. The van der Waals surface area contributed by atoms with Gasteiger partial charge in [-0.25, -0.2) is 4.57 Å². The van der Waals surface area contributed by atoms with Gasteiger partial charge in [-0.1, -0.05) is 90.7 Å². The van der Waals surface area contributed by atoms with Gasteiger partial charge in [-0.2, -0.15) is 0 Å². The summed E-state index contributed by atoms with van der Waals surface area (Å²) in [6, 6.07) is 7.96. The molecular formula is C23H40O3P. The first kappa shape index (κ1) is 24.1. The van der Waals surface area contributed by atoms with E-state index in [1.807, 2.05) is 12.1 Å². The fourth-order valence-electron chi connectivity index (χ4n) is 3.18. The highest BCUT2D eigenvalue weighted by molar-refractivity contribution is 7.33. The summed E-state index contributed by atoms with van der Waals surface area (Å²) in [5, 5.41) is 0. The number of hydrogen-bond acceptors (Lipinski definition) is 3. The molecule has 0 saturated carbocycles. The molecule has 0 amide bonds. The van der Waals surface area contributed by atoms with Crippen molar-refractivity contribution in [3.05, 3.63) is 29.8 Å². The van der Waals surface area contributed by atoms with Gasteiger partial charge >= 0.3 is 8.25 Å². The van der Waals surface area contributed by atoms with Crippen LogP contribution in [0.5, 0.6) is 5.75 Å². The van der Waals surface area contributed by atoms with Gasteiger partial charge in [0.2, 0.25) is 0 Å². The zero-order valence-corrected chi connectivity index (χ0v) is 18.6. The molecule has 4 heteroatoms. The Morgan fingerprint density at radius 2 is 1.48 bits per heavy atom. The summed E-state index contributed by atoms with van der Waals surface area (Å²) in [4.78, 5) is 0. The van der Waals surface area contributed by atoms with Crippen molar-refractivity contribution in [2.24, 2.45) is 5.92 Å². The zero-order chi connectivity index (χ0) is 19.7. The van der Waals surface area contributed by atoms with Crippen LogP contribution >= 0.6 is 8.25 Å². The van der Waals surface area contributed by atoms with Crippen LogP contribution in [0.4, 0.5) is 0 Å². The van der Waals surface area contributed by atoms with Crippen LogP contribution in [0.25, 0.3) is 0 Å². The maximum absolute atomic E-state index is 12.0. The molecule has 0 aliphatic rings. The molecule has 0 spiro atoms. The van der Waals surface area contributed by atoms with Crippen LogP contribution in [0.15, 0.2) is 24.3 Å². The molecular weight excluding hydrogens is 355 g/mol. The van der Waals surface area contributed by atoms with Crippen LogP contribution in [0.1, 0.15) is 97.0 Å². The van der Waals surface area contributed by atoms with Gasteiger partial charge in [0.05, 0.1) is 6.61 Å². The summed E-state index contributed by atoms with van der Waals surface area (Å²) in [5.41, 5.74) is 1.32. The second kappa shape index (κ2) is 16.1. The molecule has 0 aromatic heterocycles. The monoisotopic (exact) mass is 395 g/mol. The lowest BCUT2D eigenvalue weighted by Gasteiger charge is -2.13. The first-order valence-electron chi connectivity index (χ1n) is 11.1. The molecule has 0 bridgehead atoms. The van der Waals surface area contributed by atoms with Gasteiger partial charge in [-0.15, -0.1) is 0 Å². The van der Waals surface area contributed by atoms with Crippen LogP contribution in [-0.4, -0.2) is 6.61 Å². The number of rotatable bonds is 17. The predicted octanol–water partition coefficient (Wildman–Crippen LogP) is 8.25. The van der Waals surface area contributed by atoms with E-state index in [1.165, 1.54) is 63.4 Å². The first-order chi connectivity index (χ1) is 13.2. The maximum Gasteiger partial charge on any atom is 0.428 e. The van der Waals surface area contributed by atoms with Crippen molar-refractivity contribution in [3.63, 3.8) is 0 Å². The molecule has 1 rings (SSSR count). The van der Waals surface area contributed by atoms with Crippen LogP contribution < -0.4 is 4.52 Å². The molecule has 1 aromatic rings. The quantitative estimate of drug-likeness (QED) is 0.197. The van der Waals surface area contributed by atoms with E-state index in [-0.39, 0.29) is 0 Å². The molecule has 2 unspecified atom stereocenters. The van der Waals surface area contributed by atoms with Gasteiger partial charge in [-0.3, -0.25) is 4.52 Å². The fourth-order valence-corrected chi connectivity index (χ4v) is 3.86. The van der Waals surface area contributed by atoms with Gasteiger partial charge < -0.3 is 4.52 Å². The summed E-state index contributed by atoms with van der Waals surface area (Å²) in [6.07, 6.45) is 15.0. The minimum Gasteiger partial charge on any atom is -0.398 e. The van der Waals surface area contributed by atoms with Gasteiger partial charge in [0.25, 0.3) is 0 Å². The topological polar surface area (TPSA) is 35.5 Å². The van der Waals surface area contributed by atoms with Crippen molar-refractivity contribution in [2.45, 2.75) is 97.8 Å². The van der Waals surface area contributed by atoms with Crippen molar-refractivity contribution in [3.8, 4) is 5.75 Å². The minimum atomic E-state index is -2.09. The zero-order valence-electron chi connectivity index (χ0n) is 17.8. The molecule has 1 aromatic carbocycles. The van der Waals surface area contributed by atoms with Crippen molar-refractivity contribution < 1.29 is 13.6 Å². The third kappa shape index (κ3) is 12.2. The summed E-state index contributed by atoms with van der Waals surface area (Å²) in [6.45, 7) is 7.11. The second-order valence-electron chi connectivity index (χ2n) is 7.54. The van der Waals surface area contributed by atoms with E-state index in [2.05, 4.69) is 32.9 Å². The maximum atomic E-state index is 12.0. The van der Waals surface area contributed by atoms with E-state index < -0.39 is 8.25 Å². The number of unbranched alkanes of at least 4 members (excludes halogenated alkanes) is 7. The molecule has 27 heavy (non-hydrogen) atoms. The Morgan fingerprint density at radius 3 is 2.11 bits per heavy atom. The van der Waals surface area contributed by atoms with Crippen molar-refractivity contribution in [1.82, 2.24) is 0 Å². The van der Waals surface area contributed by atoms with Crippen molar-refractivity contribution in [1.29, 1.82) is 0 Å². The molecule has 0 N–H and O–H groups in total. The first-order valence-corrected chi connectivity index (χ1v) is 12.2. The largest absolute Gasteiger partial charge is 0.428 e. The minimum absolute atomic E-state index is 0.469. The van der Waals surface area contributed by atoms with Crippen LogP contribution in [-0.2, 0) is 15.5 Å². The second-order valence-corrected chi connectivity index (χ2v) is 8.43. The highest BCUT2D eigenvalue weighted by Crippen LogP contribution is 2.30. The molecule has 0 saturated heterocycles. The normalized spacial score (nSPS) is 12.8. The third-order valence-corrected chi connectivity index (χ3v) is 5.85. The smallest absolute Gasteiger partial charge is 0.398 e. The van der Waals surface area contributed by atoms with E-state index >= 15 is 0 Å². The molecule has 0 heterocycles. The van der Waals surface area contributed by atoms with Gasteiger partial charge in [0.1, 0.15) is 5.75 Å². The highest BCUT2D eigenvalue weighted by Gasteiger charge is 2.11. The van der Waals surface area contributed by atoms with E-state index in [1.54, 1.807) is 0 Å². The Labute approximate surface area is 168 Å². The Bertz CT molecular complexity index is 487. The Kier molecular flexibility index (Phi) is 14.4. The summed E-state index contributed by atoms with van der Waals surface area (Å²) in [7, 11) is -2.09. The lowest BCUT2D eigenvalue weighted by molar-refractivity contribution is 0.221. The van der Waals surface area contributed by atoms with Gasteiger partial charge in [-0.05, 0) is 42.9 Å². The van der Waals surface area contributed by atoms with E-state index in [4.69, 9.17) is 9.05 Å². The Hall–Kier alpha value is -0.920. The molecule has 155 valence electrons. The van der Waals surface area contributed by atoms with E-state index in [0.29, 0.717) is 18.3 Å². The Balaban J connectivity index is 2.22. The number of benzene rings is 1. The van der Waals surface area contributed by atoms with Crippen molar-refractivity contribution in [2.75, 3.05) is 6.61 Å².